The summed E-state index contributed by atoms with van der Waals surface area (Å²) < 4.78 is 0. The van der Waals surface area contributed by atoms with Gasteiger partial charge in [-0.2, -0.15) is 0 Å². The first kappa shape index (κ1) is 23.7. The summed E-state index contributed by atoms with van der Waals surface area (Å²) in [5.41, 5.74) is 11.1. The van der Waals surface area contributed by atoms with E-state index in [1.807, 2.05) is 0 Å². The van der Waals surface area contributed by atoms with E-state index in [1.54, 1.807) is 0 Å². The predicted molar refractivity (Wildman–Crippen MR) is 165 cm³/mol. The Morgan fingerprint density at radius 1 is 0.385 bits per heavy atom. The third-order valence-electron chi connectivity index (χ3n) is 8.72. The van der Waals surface area contributed by atoms with Crippen LogP contribution in [0.4, 0.5) is 0 Å². The fourth-order valence-corrected chi connectivity index (χ4v) is 6.67. The normalized spacial score (nSPS) is 13.2. The molecule has 0 spiro atoms. The fourth-order valence-electron chi connectivity index (χ4n) is 6.67. The average molecular weight is 501 g/mol. The summed E-state index contributed by atoms with van der Waals surface area (Å²) in [6.07, 6.45) is 4.30. The molecule has 0 saturated carbocycles. The van der Waals surface area contributed by atoms with Crippen molar-refractivity contribution in [1.29, 1.82) is 0 Å². The van der Waals surface area contributed by atoms with Gasteiger partial charge >= 0.3 is 0 Å². The molecule has 0 nitrogen and oxygen atoms in total. The Kier molecular flexibility index (Phi) is 6.10. The molecule has 1 aliphatic carbocycles. The molecular formula is C39H32. The van der Waals surface area contributed by atoms with Crippen molar-refractivity contribution in [2.75, 3.05) is 0 Å². The SMILES string of the molecule is c1ccc(CCC2(CCc3ccccc3)c3ccccc3-c3ccc(-c4ccc5ccccc5c4)cc32)cc1. The van der Waals surface area contributed by atoms with Gasteiger partial charge < -0.3 is 0 Å². The standard InChI is InChI=1S/C39H32/c1-3-11-29(12-4-1)23-25-39(26-24-30-13-5-2-6-14-30)37-18-10-9-17-35(37)36-22-21-34(28-38(36)39)33-20-19-31-15-7-8-16-32(31)27-33/h1-22,27-28H,23-26H2. The van der Waals surface area contributed by atoms with Gasteiger partial charge in [0.2, 0.25) is 0 Å². The van der Waals surface area contributed by atoms with Gasteiger partial charge in [-0.15, -0.1) is 0 Å². The van der Waals surface area contributed by atoms with Crippen LogP contribution in [0, 0.1) is 0 Å². The van der Waals surface area contributed by atoms with Crippen molar-refractivity contribution in [1.82, 2.24) is 0 Å². The van der Waals surface area contributed by atoms with E-state index in [-0.39, 0.29) is 5.41 Å². The highest BCUT2D eigenvalue weighted by Gasteiger charge is 2.42. The number of hydrogen-bond acceptors (Lipinski definition) is 0. The minimum atomic E-state index is -0.0372. The van der Waals surface area contributed by atoms with Crippen LogP contribution in [0.5, 0.6) is 0 Å². The molecule has 0 heteroatoms. The van der Waals surface area contributed by atoms with Crippen LogP contribution in [0.15, 0.2) is 146 Å². The molecule has 39 heavy (non-hydrogen) atoms. The van der Waals surface area contributed by atoms with Crippen molar-refractivity contribution < 1.29 is 0 Å². The quantitative estimate of drug-likeness (QED) is 0.205. The molecule has 0 N–H and O–H groups in total. The summed E-state index contributed by atoms with van der Waals surface area (Å²) in [4.78, 5) is 0. The Balaban J connectivity index is 1.37. The first-order valence-electron chi connectivity index (χ1n) is 14.1. The highest BCUT2D eigenvalue weighted by atomic mass is 14.4. The highest BCUT2D eigenvalue weighted by Crippen LogP contribution is 2.54. The highest BCUT2D eigenvalue weighted by molar-refractivity contribution is 5.89. The number of rotatable bonds is 7. The van der Waals surface area contributed by atoms with E-state index in [1.165, 1.54) is 55.3 Å². The Morgan fingerprint density at radius 2 is 0.923 bits per heavy atom. The van der Waals surface area contributed by atoms with Crippen LogP contribution in [0.3, 0.4) is 0 Å². The van der Waals surface area contributed by atoms with Crippen LogP contribution in [0.1, 0.15) is 35.1 Å². The Bertz CT molecular complexity index is 1700. The van der Waals surface area contributed by atoms with Crippen LogP contribution in [-0.4, -0.2) is 0 Å². The number of aryl methyl sites for hydroxylation is 2. The minimum Gasteiger partial charge on any atom is -0.0622 e. The van der Waals surface area contributed by atoms with Crippen LogP contribution >= 0.6 is 0 Å². The first-order chi connectivity index (χ1) is 19.3. The van der Waals surface area contributed by atoms with E-state index >= 15 is 0 Å². The van der Waals surface area contributed by atoms with Gasteiger partial charge in [-0.05, 0) is 93.1 Å². The Morgan fingerprint density at radius 3 is 1.64 bits per heavy atom. The van der Waals surface area contributed by atoms with Gasteiger partial charge in [-0.3, -0.25) is 0 Å². The van der Waals surface area contributed by atoms with Crippen molar-refractivity contribution in [3.05, 3.63) is 168 Å². The predicted octanol–water partition coefficient (Wildman–Crippen LogP) is 10.0. The van der Waals surface area contributed by atoms with E-state index < -0.39 is 0 Å². The monoisotopic (exact) mass is 500 g/mol. The molecule has 1 aliphatic rings. The van der Waals surface area contributed by atoms with E-state index in [2.05, 4.69) is 146 Å². The molecule has 0 saturated heterocycles. The van der Waals surface area contributed by atoms with Gasteiger partial charge in [0.25, 0.3) is 0 Å². The van der Waals surface area contributed by atoms with Crippen molar-refractivity contribution in [2.24, 2.45) is 0 Å². The van der Waals surface area contributed by atoms with Gasteiger partial charge in [0, 0.05) is 5.41 Å². The zero-order valence-electron chi connectivity index (χ0n) is 22.2. The van der Waals surface area contributed by atoms with E-state index in [9.17, 15) is 0 Å². The smallest absolute Gasteiger partial charge is 0.0221 e. The van der Waals surface area contributed by atoms with Gasteiger partial charge in [-0.1, -0.05) is 133 Å². The van der Waals surface area contributed by atoms with Crippen molar-refractivity contribution in [3.8, 4) is 22.3 Å². The molecule has 0 atom stereocenters. The summed E-state index contributed by atoms with van der Waals surface area (Å²) in [5, 5.41) is 2.58. The molecule has 0 aliphatic heterocycles. The summed E-state index contributed by atoms with van der Waals surface area (Å²) in [5.74, 6) is 0. The molecule has 7 rings (SSSR count). The lowest BCUT2D eigenvalue weighted by atomic mass is 9.70. The first-order valence-corrected chi connectivity index (χ1v) is 14.1. The summed E-state index contributed by atoms with van der Waals surface area (Å²) in [6, 6.07) is 53.9. The third kappa shape index (κ3) is 4.37. The molecule has 0 bridgehead atoms. The van der Waals surface area contributed by atoms with Crippen LogP contribution in [0.2, 0.25) is 0 Å². The lowest BCUT2D eigenvalue weighted by molar-refractivity contribution is 0.446. The largest absolute Gasteiger partial charge is 0.0622 e. The topological polar surface area (TPSA) is 0 Å². The summed E-state index contributed by atoms with van der Waals surface area (Å²) >= 11 is 0. The number of hydrogen-bond donors (Lipinski definition) is 0. The van der Waals surface area contributed by atoms with Gasteiger partial charge in [0.05, 0.1) is 0 Å². The minimum absolute atomic E-state index is 0.0372. The number of benzene rings is 6. The molecule has 6 aromatic rings. The van der Waals surface area contributed by atoms with Crippen LogP contribution < -0.4 is 0 Å². The van der Waals surface area contributed by atoms with Crippen LogP contribution in [-0.2, 0) is 18.3 Å². The molecule has 0 amide bonds. The second kappa shape index (κ2) is 10.0. The second-order valence-corrected chi connectivity index (χ2v) is 10.9. The van der Waals surface area contributed by atoms with Crippen molar-refractivity contribution >= 4 is 10.8 Å². The molecule has 0 unspecified atom stereocenters. The molecular weight excluding hydrogens is 468 g/mol. The van der Waals surface area contributed by atoms with Crippen molar-refractivity contribution in [3.63, 3.8) is 0 Å². The Labute approximate surface area is 231 Å². The lowest BCUT2D eigenvalue weighted by Gasteiger charge is -2.33. The number of fused-ring (bicyclic) bond motifs is 4. The lowest BCUT2D eigenvalue weighted by Crippen LogP contribution is -2.27. The molecule has 0 heterocycles. The van der Waals surface area contributed by atoms with Gasteiger partial charge in [0.1, 0.15) is 0 Å². The third-order valence-corrected chi connectivity index (χ3v) is 8.72. The summed E-state index contributed by atoms with van der Waals surface area (Å²) in [6.45, 7) is 0. The molecule has 6 aromatic carbocycles. The van der Waals surface area contributed by atoms with E-state index in [4.69, 9.17) is 0 Å². The van der Waals surface area contributed by atoms with Crippen LogP contribution in [0.25, 0.3) is 33.0 Å². The maximum atomic E-state index is 2.51. The molecule has 0 radical (unpaired) electrons. The van der Waals surface area contributed by atoms with Gasteiger partial charge in [0.15, 0.2) is 0 Å². The maximum absolute atomic E-state index is 2.51. The Hall–Kier alpha value is -4.42. The zero-order chi connectivity index (χ0) is 26.1. The fraction of sp³-hybridized carbons (Fsp3) is 0.128. The molecule has 0 aromatic heterocycles. The van der Waals surface area contributed by atoms with Crippen molar-refractivity contribution in [2.45, 2.75) is 31.1 Å². The zero-order valence-corrected chi connectivity index (χ0v) is 22.2. The van der Waals surface area contributed by atoms with Gasteiger partial charge in [-0.25, -0.2) is 0 Å². The average Bonchev–Trinajstić information content (AvgIpc) is 3.29. The second-order valence-electron chi connectivity index (χ2n) is 10.9. The molecule has 0 fully saturated rings. The molecule has 188 valence electrons. The van der Waals surface area contributed by atoms with E-state index in [0.717, 1.165) is 25.7 Å². The summed E-state index contributed by atoms with van der Waals surface area (Å²) in [7, 11) is 0. The van der Waals surface area contributed by atoms with E-state index in [0.29, 0.717) is 0 Å². The maximum Gasteiger partial charge on any atom is 0.0221 e.